The van der Waals surface area contributed by atoms with Crippen LogP contribution < -0.4 is 10.1 Å². The van der Waals surface area contributed by atoms with Gasteiger partial charge in [0.2, 0.25) is 0 Å². The van der Waals surface area contributed by atoms with E-state index in [4.69, 9.17) is 4.74 Å². The van der Waals surface area contributed by atoms with Gasteiger partial charge >= 0.3 is 0 Å². The lowest BCUT2D eigenvalue weighted by Gasteiger charge is -2.19. The van der Waals surface area contributed by atoms with Crippen molar-refractivity contribution in [3.63, 3.8) is 0 Å². The number of amides is 2. The molecule has 0 bridgehead atoms. The lowest BCUT2D eigenvalue weighted by molar-refractivity contribution is -0.118. The molecule has 26 heavy (non-hydrogen) atoms. The SMILES string of the molecule is CCN(CC)C(=O)c1cccc(NC(=O)COc2ccc(C)cc2Br)c1. The van der Waals surface area contributed by atoms with Crippen LogP contribution in [0.1, 0.15) is 29.8 Å². The second-order valence-corrected chi connectivity index (χ2v) is 6.68. The van der Waals surface area contributed by atoms with Crippen LogP contribution in [-0.4, -0.2) is 36.4 Å². The number of halogens is 1. The molecule has 1 N–H and O–H groups in total. The Kier molecular flexibility index (Phi) is 7.21. The van der Waals surface area contributed by atoms with Crippen molar-refractivity contribution in [3.8, 4) is 5.75 Å². The zero-order chi connectivity index (χ0) is 19.1. The lowest BCUT2D eigenvalue weighted by atomic mass is 10.1. The predicted octanol–water partition coefficient (Wildman–Crippen LogP) is 4.26. The molecule has 0 saturated carbocycles. The number of carbonyl (C=O) groups is 2. The number of nitrogens with one attached hydrogen (secondary N) is 1. The zero-order valence-electron chi connectivity index (χ0n) is 15.2. The highest BCUT2D eigenvalue weighted by atomic mass is 79.9. The predicted molar refractivity (Wildman–Crippen MR) is 107 cm³/mol. The number of benzene rings is 2. The van der Waals surface area contributed by atoms with Crippen LogP contribution in [0, 0.1) is 6.92 Å². The van der Waals surface area contributed by atoms with Crippen LogP contribution in [0.5, 0.6) is 5.75 Å². The van der Waals surface area contributed by atoms with Crippen LogP contribution in [0.3, 0.4) is 0 Å². The van der Waals surface area contributed by atoms with Crippen molar-refractivity contribution in [1.82, 2.24) is 4.90 Å². The normalized spacial score (nSPS) is 10.3. The smallest absolute Gasteiger partial charge is 0.262 e. The molecule has 0 radical (unpaired) electrons. The van der Waals surface area contributed by atoms with Gasteiger partial charge in [0.1, 0.15) is 5.75 Å². The molecule has 0 fully saturated rings. The van der Waals surface area contributed by atoms with Gasteiger partial charge in [0, 0.05) is 24.3 Å². The third-order valence-corrected chi connectivity index (χ3v) is 4.51. The molecule has 0 aliphatic heterocycles. The fourth-order valence-corrected chi connectivity index (χ4v) is 3.09. The zero-order valence-corrected chi connectivity index (χ0v) is 16.8. The number of aryl methyl sites for hydroxylation is 1. The number of hydrogen-bond acceptors (Lipinski definition) is 3. The van der Waals surface area contributed by atoms with Crippen molar-refractivity contribution >= 4 is 33.4 Å². The average molecular weight is 419 g/mol. The van der Waals surface area contributed by atoms with Gasteiger partial charge in [0.25, 0.3) is 11.8 Å². The van der Waals surface area contributed by atoms with Crippen molar-refractivity contribution in [1.29, 1.82) is 0 Å². The third-order valence-electron chi connectivity index (χ3n) is 3.89. The largest absolute Gasteiger partial charge is 0.483 e. The fraction of sp³-hybridized carbons (Fsp3) is 0.300. The Morgan fingerprint density at radius 1 is 1.12 bits per heavy atom. The first-order valence-electron chi connectivity index (χ1n) is 8.52. The summed E-state index contributed by atoms with van der Waals surface area (Å²) in [7, 11) is 0. The second-order valence-electron chi connectivity index (χ2n) is 5.83. The first-order chi connectivity index (χ1) is 12.4. The van der Waals surface area contributed by atoms with E-state index in [1.54, 1.807) is 29.2 Å². The minimum absolute atomic E-state index is 0.0501. The van der Waals surface area contributed by atoms with Crippen LogP contribution in [-0.2, 0) is 4.79 Å². The minimum Gasteiger partial charge on any atom is -0.483 e. The molecule has 0 saturated heterocycles. The second kappa shape index (κ2) is 9.38. The first kappa shape index (κ1) is 20.0. The van der Waals surface area contributed by atoms with Gasteiger partial charge in [-0.2, -0.15) is 0 Å². The number of hydrogen-bond donors (Lipinski definition) is 1. The van der Waals surface area contributed by atoms with Crippen LogP contribution in [0.2, 0.25) is 0 Å². The maximum atomic E-state index is 12.4. The summed E-state index contributed by atoms with van der Waals surface area (Å²) in [6.07, 6.45) is 0. The summed E-state index contributed by atoms with van der Waals surface area (Å²) < 4.78 is 6.35. The van der Waals surface area contributed by atoms with E-state index in [-0.39, 0.29) is 18.4 Å². The van der Waals surface area contributed by atoms with Crippen LogP contribution in [0.4, 0.5) is 5.69 Å². The summed E-state index contributed by atoms with van der Waals surface area (Å²) in [5.41, 5.74) is 2.22. The maximum absolute atomic E-state index is 12.4. The molecule has 2 amide bonds. The monoisotopic (exact) mass is 418 g/mol. The summed E-state index contributed by atoms with van der Waals surface area (Å²) in [6, 6.07) is 12.6. The highest BCUT2D eigenvalue weighted by Gasteiger charge is 2.13. The number of anilines is 1. The average Bonchev–Trinajstić information content (AvgIpc) is 2.62. The summed E-state index contributed by atoms with van der Waals surface area (Å²) in [5.74, 6) is 0.270. The number of rotatable bonds is 7. The van der Waals surface area contributed by atoms with E-state index < -0.39 is 0 Å². The number of nitrogens with zero attached hydrogens (tertiary/aromatic N) is 1. The van der Waals surface area contributed by atoms with E-state index in [1.807, 2.05) is 39.0 Å². The number of ether oxygens (including phenoxy) is 1. The molecule has 0 aromatic heterocycles. The number of carbonyl (C=O) groups excluding carboxylic acids is 2. The Labute approximate surface area is 162 Å². The van der Waals surface area contributed by atoms with E-state index in [2.05, 4.69) is 21.2 Å². The molecule has 138 valence electrons. The van der Waals surface area contributed by atoms with Gasteiger partial charge in [-0.3, -0.25) is 9.59 Å². The van der Waals surface area contributed by atoms with Crippen LogP contribution in [0.25, 0.3) is 0 Å². The standard InChI is InChI=1S/C20H23BrN2O3/c1-4-23(5-2)20(25)15-7-6-8-16(12-15)22-19(24)13-26-18-10-9-14(3)11-17(18)21/h6-12H,4-5,13H2,1-3H3,(H,22,24). The maximum Gasteiger partial charge on any atom is 0.262 e. The van der Waals surface area contributed by atoms with Crippen LogP contribution >= 0.6 is 15.9 Å². The summed E-state index contributed by atoms with van der Waals surface area (Å²) in [6.45, 7) is 7.03. The van der Waals surface area contributed by atoms with E-state index in [9.17, 15) is 9.59 Å². The van der Waals surface area contributed by atoms with Crippen molar-refractivity contribution in [2.45, 2.75) is 20.8 Å². The topological polar surface area (TPSA) is 58.6 Å². The summed E-state index contributed by atoms with van der Waals surface area (Å²) in [4.78, 5) is 26.3. The molecule has 5 nitrogen and oxygen atoms in total. The van der Waals surface area contributed by atoms with E-state index in [0.29, 0.717) is 30.1 Å². The Hall–Kier alpha value is -2.34. The third kappa shape index (κ3) is 5.33. The van der Waals surface area contributed by atoms with Crippen molar-refractivity contribution < 1.29 is 14.3 Å². The van der Waals surface area contributed by atoms with Gasteiger partial charge in [-0.05, 0) is 72.6 Å². The summed E-state index contributed by atoms with van der Waals surface area (Å²) in [5, 5.41) is 2.76. The Morgan fingerprint density at radius 2 is 1.85 bits per heavy atom. The molecule has 0 aliphatic carbocycles. The lowest BCUT2D eigenvalue weighted by Crippen LogP contribution is -2.30. The molecular weight excluding hydrogens is 396 g/mol. The molecular formula is C20H23BrN2O3. The Bertz CT molecular complexity index is 788. The summed E-state index contributed by atoms with van der Waals surface area (Å²) >= 11 is 3.42. The molecule has 0 aliphatic rings. The molecule has 2 aromatic rings. The molecule has 0 spiro atoms. The Balaban J connectivity index is 1.98. The van der Waals surface area contributed by atoms with E-state index in [1.165, 1.54) is 0 Å². The molecule has 2 rings (SSSR count). The van der Waals surface area contributed by atoms with Crippen molar-refractivity contribution in [3.05, 3.63) is 58.1 Å². The molecule has 0 unspecified atom stereocenters. The molecule has 0 atom stereocenters. The van der Waals surface area contributed by atoms with Gasteiger partial charge in [-0.1, -0.05) is 12.1 Å². The van der Waals surface area contributed by atoms with Gasteiger partial charge in [-0.15, -0.1) is 0 Å². The van der Waals surface area contributed by atoms with E-state index in [0.717, 1.165) is 10.0 Å². The fourth-order valence-electron chi connectivity index (χ4n) is 2.49. The molecule has 6 heteroatoms. The van der Waals surface area contributed by atoms with Gasteiger partial charge in [0.05, 0.1) is 4.47 Å². The van der Waals surface area contributed by atoms with Gasteiger partial charge < -0.3 is 15.0 Å². The van der Waals surface area contributed by atoms with E-state index >= 15 is 0 Å². The van der Waals surface area contributed by atoms with Gasteiger partial charge in [0.15, 0.2) is 6.61 Å². The molecule has 2 aromatic carbocycles. The molecule has 0 heterocycles. The first-order valence-corrected chi connectivity index (χ1v) is 9.32. The quantitative estimate of drug-likeness (QED) is 0.730. The highest BCUT2D eigenvalue weighted by Crippen LogP contribution is 2.25. The Morgan fingerprint density at radius 3 is 2.50 bits per heavy atom. The minimum atomic E-state index is -0.287. The van der Waals surface area contributed by atoms with Crippen molar-refractivity contribution in [2.24, 2.45) is 0 Å². The van der Waals surface area contributed by atoms with Crippen molar-refractivity contribution in [2.75, 3.05) is 25.0 Å². The van der Waals surface area contributed by atoms with Gasteiger partial charge in [-0.25, -0.2) is 0 Å². The highest BCUT2D eigenvalue weighted by molar-refractivity contribution is 9.10. The van der Waals surface area contributed by atoms with Crippen LogP contribution in [0.15, 0.2) is 46.9 Å².